The third-order valence-electron chi connectivity index (χ3n) is 3.17. The Labute approximate surface area is 138 Å². The molecular formula is C16H16BrCl2N. The van der Waals surface area contributed by atoms with Crippen LogP contribution < -0.4 is 5.32 Å². The zero-order valence-electron chi connectivity index (χ0n) is 11.2. The van der Waals surface area contributed by atoms with Gasteiger partial charge in [-0.05, 0) is 42.3 Å². The standard InChI is InChI=1S/C16H16BrCl2N/c1-2-20-16(9-11-5-3-4-6-14(11)18)13-8-7-12(17)10-15(13)19/h3-8,10,16,20H,2,9H2,1H3. The summed E-state index contributed by atoms with van der Waals surface area (Å²) in [5, 5.41) is 5.03. The van der Waals surface area contributed by atoms with Crippen LogP contribution in [0.25, 0.3) is 0 Å². The van der Waals surface area contributed by atoms with Crippen LogP contribution in [0.4, 0.5) is 0 Å². The van der Waals surface area contributed by atoms with Crippen molar-refractivity contribution in [3.8, 4) is 0 Å². The van der Waals surface area contributed by atoms with Crippen molar-refractivity contribution in [2.75, 3.05) is 6.54 Å². The van der Waals surface area contributed by atoms with Crippen molar-refractivity contribution < 1.29 is 0 Å². The van der Waals surface area contributed by atoms with Crippen LogP contribution >= 0.6 is 39.1 Å². The number of halogens is 3. The minimum atomic E-state index is 0.153. The maximum atomic E-state index is 6.36. The molecule has 20 heavy (non-hydrogen) atoms. The van der Waals surface area contributed by atoms with Crippen LogP contribution in [0.2, 0.25) is 10.0 Å². The van der Waals surface area contributed by atoms with E-state index in [9.17, 15) is 0 Å². The molecule has 2 aromatic rings. The molecule has 0 saturated heterocycles. The van der Waals surface area contributed by atoms with Crippen molar-refractivity contribution in [2.45, 2.75) is 19.4 Å². The van der Waals surface area contributed by atoms with Gasteiger partial charge in [0.05, 0.1) is 0 Å². The third-order valence-corrected chi connectivity index (χ3v) is 4.36. The Hall–Kier alpha value is -0.540. The highest BCUT2D eigenvalue weighted by molar-refractivity contribution is 9.10. The molecule has 0 saturated carbocycles. The van der Waals surface area contributed by atoms with Gasteiger partial charge in [-0.2, -0.15) is 0 Å². The molecule has 1 nitrogen and oxygen atoms in total. The molecule has 0 aliphatic rings. The number of rotatable bonds is 5. The number of benzene rings is 2. The van der Waals surface area contributed by atoms with Crippen LogP contribution in [0, 0.1) is 0 Å². The van der Waals surface area contributed by atoms with Crippen molar-refractivity contribution in [1.29, 1.82) is 0 Å². The fourth-order valence-corrected chi connectivity index (χ4v) is 3.22. The van der Waals surface area contributed by atoms with Gasteiger partial charge >= 0.3 is 0 Å². The van der Waals surface area contributed by atoms with Gasteiger partial charge in [0, 0.05) is 20.6 Å². The smallest absolute Gasteiger partial charge is 0.0465 e. The van der Waals surface area contributed by atoms with Crippen molar-refractivity contribution in [1.82, 2.24) is 5.32 Å². The second-order valence-electron chi connectivity index (χ2n) is 4.57. The van der Waals surface area contributed by atoms with Crippen LogP contribution in [0.1, 0.15) is 24.1 Å². The lowest BCUT2D eigenvalue weighted by Crippen LogP contribution is -2.23. The van der Waals surface area contributed by atoms with Gasteiger partial charge in [0.15, 0.2) is 0 Å². The summed E-state index contributed by atoms with van der Waals surface area (Å²) in [6.07, 6.45) is 0.814. The van der Waals surface area contributed by atoms with E-state index in [1.165, 1.54) is 0 Å². The molecule has 1 atom stereocenters. The fraction of sp³-hybridized carbons (Fsp3) is 0.250. The summed E-state index contributed by atoms with van der Waals surface area (Å²) >= 11 is 16.1. The third kappa shape index (κ3) is 3.98. The van der Waals surface area contributed by atoms with Crippen molar-refractivity contribution in [2.24, 2.45) is 0 Å². The van der Waals surface area contributed by atoms with Crippen LogP contribution in [0.3, 0.4) is 0 Å². The molecule has 0 fully saturated rings. The van der Waals surface area contributed by atoms with Crippen molar-refractivity contribution in [3.63, 3.8) is 0 Å². The monoisotopic (exact) mass is 371 g/mol. The van der Waals surface area contributed by atoms with Crippen molar-refractivity contribution >= 4 is 39.1 Å². The van der Waals surface area contributed by atoms with Crippen LogP contribution in [0.5, 0.6) is 0 Å². The lowest BCUT2D eigenvalue weighted by molar-refractivity contribution is 0.550. The van der Waals surface area contributed by atoms with Crippen molar-refractivity contribution in [3.05, 3.63) is 68.1 Å². The maximum absolute atomic E-state index is 6.36. The van der Waals surface area contributed by atoms with E-state index in [-0.39, 0.29) is 6.04 Å². The zero-order valence-corrected chi connectivity index (χ0v) is 14.3. The first-order valence-corrected chi connectivity index (χ1v) is 8.08. The first-order chi connectivity index (χ1) is 9.61. The van der Waals surface area contributed by atoms with Gasteiger partial charge in [-0.15, -0.1) is 0 Å². The predicted octanol–water partition coefficient (Wildman–Crippen LogP) is 5.65. The Morgan fingerprint density at radius 3 is 2.50 bits per heavy atom. The summed E-state index contributed by atoms with van der Waals surface area (Å²) in [6, 6.07) is 14.1. The second-order valence-corrected chi connectivity index (χ2v) is 6.30. The molecule has 0 aliphatic carbocycles. The molecule has 0 heterocycles. The topological polar surface area (TPSA) is 12.0 Å². The molecule has 106 valence electrons. The lowest BCUT2D eigenvalue weighted by Gasteiger charge is -2.20. The quantitative estimate of drug-likeness (QED) is 0.714. The molecule has 2 aromatic carbocycles. The van der Waals surface area contributed by atoms with E-state index >= 15 is 0 Å². The predicted molar refractivity (Wildman–Crippen MR) is 90.7 cm³/mol. The minimum absolute atomic E-state index is 0.153. The number of hydrogen-bond donors (Lipinski definition) is 1. The van der Waals surface area contributed by atoms with E-state index in [4.69, 9.17) is 23.2 Å². The van der Waals surface area contributed by atoms with Crippen LogP contribution in [0.15, 0.2) is 46.9 Å². The molecule has 0 amide bonds. The number of hydrogen-bond acceptors (Lipinski definition) is 1. The molecule has 0 aliphatic heterocycles. The van der Waals surface area contributed by atoms with E-state index in [0.717, 1.165) is 38.6 Å². The summed E-state index contributed by atoms with van der Waals surface area (Å²) in [5.41, 5.74) is 2.22. The average molecular weight is 373 g/mol. The molecular weight excluding hydrogens is 357 g/mol. The summed E-state index contributed by atoms with van der Waals surface area (Å²) in [6.45, 7) is 2.97. The summed E-state index contributed by atoms with van der Waals surface area (Å²) in [7, 11) is 0. The molecule has 0 bridgehead atoms. The Morgan fingerprint density at radius 1 is 1.10 bits per heavy atom. The van der Waals surface area contributed by atoms with Gasteiger partial charge in [0.25, 0.3) is 0 Å². The molecule has 1 N–H and O–H groups in total. The number of nitrogens with one attached hydrogen (secondary N) is 1. The first-order valence-electron chi connectivity index (χ1n) is 6.53. The minimum Gasteiger partial charge on any atom is -0.310 e. The van der Waals surface area contributed by atoms with Gasteiger partial charge in [0.2, 0.25) is 0 Å². The Morgan fingerprint density at radius 2 is 1.85 bits per heavy atom. The fourth-order valence-electron chi connectivity index (χ4n) is 2.21. The molecule has 0 aromatic heterocycles. The molecule has 0 spiro atoms. The molecule has 4 heteroatoms. The zero-order chi connectivity index (χ0) is 14.5. The average Bonchev–Trinajstić information content (AvgIpc) is 2.41. The Bertz CT molecular complexity index is 586. The summed E-state index contributed by atoms with van der Waals surface area (Å²) in [5.74, 6) is 0. The van der Waals surface area contributed by atoms with Gasteiger partial charge < -0.3 is 5.32 Å². The SMILES string of the molecule is CCNC(Cc1ccccc1Cl)c1ccc(Br)cc1Cl. The first kappa shape index (κ1) is 15.8. The van der Waals surface area contributed by atoms with E-state index in [1.807, 2.05) is 30.3 Å². The van der Waals surface area contributed by atoms with E-state index in [1.54, 1.807) is 0 Å². The Kier molecular flexibility index (Phi) is 5.91. The van der Waals surface area contributed by atoms with E-state index < -0.39 is 0 Å². The highest BCUT2D eigenvalue weighted by Gasteiger charge is 2.16. The summed E-state index contributed by atoms with van der Waals surface area (Å²) in [4.78, 5) is 0. The molecule has 2 rings (SSSR count). The van der Waals surface area contributed by atoms with Crippen LogP contribution in [-0.2, 0) is 6.42 Å². The Balaban J connectivity index is 2.29. The lowest BCUT2D eigenvalue weighted by atomic mass is 9.98. The highest BCUT2D eigenvalue weighted by atomic mass is 79.9. The highest BCUT2D eigenvalue weighted by Crippen LogP contribution is 2.30. The molecule has 0 radical (unpaired) electrons. The van der Waals surface area contributed by atoms with Gasteiger partial charge in [-0.1, -0.05) is 70.3 Å². The van der Waals surface area contributed by atoms with E-state index in [0.29, 0.717) is 0 Å². The summed E-state index contributed by atoms with van der Waals surface area (Å²) < 4.78 is 0.985. The van der Waals surface area contributed by atoms with Gasteiger partial charge in [0.1, 0.15) is 0 Å². The van der Waals surface area contributed by atoms with Gasteiger partial charge in [-0.25, -0.2) is 0 Å². The second kappa shape index (κ2) is 7.46. The van der Waals surface area contributed by atoms with E-state index in [2.05, 4.69) is 40.3 Å². The normalized spacial score (nSPS) is 12.4. The molecule has 1 unspecified atom stereocenters. The van der Waals surface area contributed by atoms with Gasteiger partial charge in [-0.3, -0.25) is 0 Å². The maximum Gasteiger partial charge on any atom is 0.0465 e. The largest absolute Gasteiger partial charge is 0.310 e. The van der Waals surface area contributed by atoms with Crippen LogP contribution in [-0.4, -0.2) is 6.54 Å². The number of likely N-dealkylation sites (N-methyl/N-ethyl adjacent to an activating group) is 1.